The molecule has 112 valence electrons. The van der Waals surface area contributed by atoms with Crippen molar-refractivity contribution in [1.29, 1.82) is 0 Å². The van der Waals surface area contributed by atoms with Gasteiger partial charge < -0.3 is 10.2 Å². The van der Waals surface area contributed by atoms with Gasteiger partial charge in [-0.3, -0.25) is 4.98 Å². The second-order valence-electron chi connectivity index (χ2n) is 6.70. The van der Waals surface area contributed by atoms with Gasteiger partial charge in [0.2, 0.25) is 0 Å². The number of nitrogens with zero attached hydrogens (tertiary/aromatic N) is 2. The predicted molar refractivity (Wildman–Crippen MR) is 86.2 cm³/mol. The Hall–Kier alpha value is -1.09. The van der Waals surface area contributed by atoms with E-state index in [4.69, 9.17) is 0 Å². The third kappa shape index (κ3) is 4.20. The molecule has 1 aromatic rings. The van der Waals surface area contributed by atoms with Crippen LogP contribution in [0.1, 0.15) is 51.3 Å². The van der Waals surface area contributed by atoms with E-state index in [-0.39, 0.29) is 0 Å². The first-order chi connectivity index (χ1) is 9.47. The fourth-order valence-electron chi connectivity index (χ4n) is 2.66. The Kier molecular flexibility index (Phi) is 5.03. The van der Waals surface area contributed by atoms with Gasteiger partial charge in [-0.2, -0.15) is 0 Å². The van der Waals surface area contributed by atoms with Crippen LogP contribution in [0.25, 0.3) is 0 Å². The molecule has 0 spiro atoms. The summed E-state index contributed by atoms with van der Waals surface area (Å²) in [5.41, 5.74) is 3.75. The minimum atomic E-state index is 0.552. The molecule has 1 N–H and O–H groups in total. The van der Waals surface area contributed by atoms with Crippen LogP contribution in [0.4, 0.5) is 5.69 Å². The summed E-state index contributed by atoms with van der Waals surface area (Å²) in [5, 5.41) is 3.60. The summed E-state index contributed by atoms with van der Waals surface area (Å²) in [7, 11) is 2.21. The Morgan fingerprint density at radius 1 is 1.35 bits per heavy atom. The maximum Gasteiger partial charge on any atom is 0.0445 e. The molecule has 1 aliphatic rings. The molecule has 0 saturated heterocycles. The Morgan fingerprint density at radius 3 is 2.65 bits per heavy atom. The quantitative estimate of drug-likeness (QED) is 0.825. The van der Waals surface area contributed by atoms with Crippen molar-refractivity contribution in [2.24, 2.45) is 5.92 Å². The highest BCUT2D eigenvalue weighted by Gasteiger charge is 2.21. The number of hydrogen-bond donors (Lipinski definition) is 1. The summed E-state index contributed by atoms with van der Waals surface area (Å²) in [5.74, 6) is 0.725. The molecule has 1 heterocycles. The van der Waals surface area contributed by atoms with Crippen LogP contribution in [0.2, 0.25) is 0 Å². The third-order valence-electron chi connectivity index (χ3n) is 4.11. The van der Waals surface area contributed by atoms with Gasteiger partial charge in [0.25, 0.3) is 0 Å². The van der Waals surface area contributed by atoms with Crippen LogP contribution >= 0.6 is 0 Å². The molecule has 0 radical (unpaired) electrons. The average molecular weight is 275 g/mol. The second kappa shape index (κ2) is 6.57. The topological polar surface area (TPSA) is 28.2 Å². The minimum absolute atomic E-state index is 0.552. The van der Waals surface area contributed by atoms with Crippen LogP contribution in [-0.4, -0.2) is 24.1 Å². The molecule has 0 bridgehead atoms. The van der Waals surface area contributed by atoms with Crippen LogP contribution < -0.4 is 10.2 Å². The third-order valence-corrected chi connectivity index (χ3v) is 4.11. The molecule has 3 heteroatoms. The lowest BCUT2D eigenvalue weighted by atomic mass is 10.0. The molecule has 1 saturated carbocycles. The van der Waals surface area contributed by atoms with Crippen molar-refractivity contribution in [2.75, 3.05) is 11.9 Å². The highest BCUT2D eigenvalue weighted by Crippen LogP contribution is 2.25. The lowest BCUT2D eigenvalue weighted by molar-refractivity contribution is 0.503. The fraction of sp³-hybridized carbons (Fsp3) is 0.706. The molecule has 1 aliphatic carbocycles. The molecule has 0 amide bonds. The minimum Gasteiger partial charge on any atom is -0.372 e. The first kappa shape index (κ1) is 15.3. The molecule has 0 aromatic carbocycles. The lowest BCUT2D eigenvalue weighted by Crippen LogP contribution is -2.31. The van der Waals surface area contributed by atoms with Crippen molar-refractivity contribution in [2.45, 2.75) is 65.6 Å². The summed E-state index contributed by atoms with van der Waals surface area (Å²) >= 11 is 0. The number of nitrogens with one attached hydrogen (secondary N) is 1. The van der Waals surface area contributed by atoms with E-state index >= 15 is 0 Å². The highest BCUT2D eigenvalue weighted by molar-refractivity contribution is 5.53. The smallest absolute Gasteiger partial charge is 0.0445 e. The maximum atomic E-state index is 4.47. The van der Waals surface area contributed by atoms with Crippen molar-refractivity contribution in [3.05, 3.63) is 23.5 Å². The molecule has 1 atom stereocenters. The van der Waals surface area contributed by atoms with Crippen LogP contribution in [-0.2, 0) is 6.54 Å². The standard InChI is InChI=1S/C17H29N3/c1-12(2)8-14(4)20(5)17-9-13(3)18-10-15(17)11-19-16-6-7-16/h9-10,12,14,16,19H,6-8,11H2,1-5H3. The van der Waals surface area contributed by atoms with Crippen molar-refractivity contribution in [3.8, 4) is 0 Å². The summed E-state index contributed by atoms with van der Waals surface area (Å²) in [4.78, 5) is 6.89. The van der Waals surface area contributed by atoms with Gasteiger partial charge in [0.1, 0.15) is 0 Å². The van der Waals surface area contributed by atoms with Gasteiger partial charge in [-0.25, -0.2) is 0 Å². The SMILES string of the molecule is Cc1cc(N(C)C(C)CC(C)C)c(CNC2CC2)cn1. The van der Waals surface area contributed by atoms with E-state index in [0.29, 0.717) is 6.04 Å². The monoisotopic (exact) mass is 275 g/mol. The second-order valence-corrected chi connectivity index (χ2v) is 6.70. The average Bonchev–Trinajstić information content (AvgIpc) is 3.19. The molecule has 1 fully saturated rings. The van der Waals surface area contributed by atoms with Crippen LogP contribution in [0.15, 0.2) is 12.3 Å². The van der Waals surface area contributed by atoms with E-state index in [9.17, 15) is 0 Å². The number of hydrogen-bond acceptors (Lipinski definition) is 3. The summed E-state index contributed by atoms with van der Waals surface area (Å²) in [6.07, 6.45) is 5.91. The molecular weight excluding hydrogens is 246 g/mol. The normalized spacial score (nSPS) is 16.5. The number of anilines is 1. The summed E-state index contributed by atoms with van der Waals surface area (Å²) in [6, 6.07) is 3.51. The highest BCUT2D eigenvalue weighted by atomic mass is 15.1. The molecule has 2 rings (SSSR count). The van der Waals surface area contributed by atoms with E-state index in [2.05, 4.69) is 56.0 Å². The van der Waals surface area contributed by atoms with Crippen molar-refractivity contribution < 1.29 is 0 Å². The van der Waals surface area contributed by atoms with Crippen molar-refractivity contribution in [3.63, 3.8) is 0 Å². The molecule has 1 unspecified atom stereocenters. The number of rotatable bonds is 7. The van der Waals surface area contributed by atoms with Gasteiger partial charge in [-0.15, -0.1) is 0 Å². The lowest BCUT2D eigenvalue weighted by Gasteiger charge is -2.30. The number of pyridine rings is 1. The largest absolute Gasteiger partial charge is 0.372 e. The van der Waals surface area contributed by atoms with E-state index in [0.717, 1.165) is 24.2 Å². The first-order valence-electron chi connectivity index (χ1n) is 7.89. The van der Waals surface area contributed by atoms with Gasteiger partial charge in [0.15, 0.2) is 0 Å². The molecule has 0 aliphatic heterocycles. The van der Waals surface area contributed by atoms with Gasteiger partial charge in [0.05, 0.1) is 0 Å². The molecule has 3 nitrogen and oxygen atoms in total. The van der Waals surface area contributed by atoms with E-state index in [1.54, 1.807) is 0 Å². The predicted octanol–water partition coefficient (Wildman–Crippen LogP) is 3.51. The Balaban J connectivity index is 2.11. The van der Waals surface area contributed by atoms with Crippen LogP contribution in [0.5, 0.6) is 0 Å². The van der Waals surface area contributed by atoms with Crippen molar-refractivity contribution in [1.82, 2.24) is 10.3 Å². The zero-order chi connectivity index (χ0) is 14.7. The molecule has 20 heavy (non-hydrogen) atoms. The van der Waals surface area contributed by atoms with Crippen LogP contribution in [0.3, 0.4) is 0 Å². The zero-order valence-corrected chi connectivity index (χ0v) is 13.6. The van der Waals surface area contributed by atoms with Crippen molar-refractivity contribution >= 4 is 5.69 Å². The molecule has 1 aromatic heterocycles. The van der Waals surface area contributed by atoms with Gasteiger partial charge in [-0.05, 0) is 45.1 Å². The van der Waals surface area contributed by atoms with E-state index in [1.165, 1.54) is 30.5 Å². The Bertz CT molecular complexity index is 438. The van der Waals surface area contributed by atoms with Gasteiger partial charge in [-0.1, -0.05) is 13.8 Å². The van der Waals surface area contributed by atoms with Gasteiger partial charge >= 0.3 is 0 Å². The van der Waals surface area contributed by atoms with Gasteiger partial charge in [0, 0.05) is 48.8 Å². The Labute approximate surface area is 123 Å². The summed E-state index contributed by atoms with van der Waals surface area (Å²) in [6.45, 7) is 9.90. The first-order valence-corrected chi connectivity index (χ1v) is 7.89. The fourth-order valence-corrected chi connectivity index (χ4v) is 2.66. The number of aryl methyl sites for hydroxylation is 1. The Morgan fingerprint density at radius 2 is 2.05 bits per heavy atom. The zero-order valence-electron chi connectivity index (χ0n) is 13.6. The van der Waals surface area contributed by atoms with E-state index in [1.807, 2.05) is 6.20 Å². The number of aromatic nitrogens is 1. The molecular formula is C17H29N3. The van der Waals surface area contributed by atoms with Crippen LogP contribution in [0, 0.1) is 12.8 Å². The maximum absolute atomic E-state index is 4.47. The van der Waals surface area contributed by atoms with E-state index < -0.39 is 0 Å². The summed E-state index contributed by atoms with van der Waals surface area (Å²) < 4.78 is 0.